The van der Waals surface area contributed by atoms with E-state index in [4.69, 9.17) is 0 Å². The summed E-state index contributed by atoms with van der Waals surface area (Å²) in [6.45, 7) is 3.34. The van der Waals surface area contributed by atoms with Gasteiger partial charge in [0.2, 0.25) is 5.91 Å². The molecule has 2 unspecified atom stereocenters. The van der Waals surface area contributed by atoms with Crippen molar-refractivity contribution in [3.63, 3.8) is 0 Å². The van der Waals surface area contributed by atoms with E-state index in [1.165, 1.54) is 4.88 Å². The highest BCUT2D eigenvalue weighted by molar-refractivity contribution is 7.09. The molecule has 17 heavy (non-hydrogen) atoms. The quantitative estimate of drug-likeness (QED) is 0.894. The molecular weight excluding hydrogens is 234 g/mol. The lowest BCUT2D eigenvalue weighted by atomic mass is 9.96. The third-order valence-corrected chi connectivity index (χ3v) is 4.37. The highest BCUT2D eigenvalue weighted by Gasteiger charge is 2.26. The summed E-state index contributed by atoms with van der Waals surface area (Å²) >= 11 is 1.69. The lowest BCUT2D eigenvalue weighted by Crippen LogP contribution is -2.45. The SMILES string of the molecule is CC1CCN(C(=O)CCc2cccs2)CC1O. The second-order valence-corrected chi connectivity index (χ2v) is 5.78. The number of thiophene rings is 1. The highest BCUT2D eigenvalue weighted by atomic mass is 32.1. The molecule has 4 heteroatoms. The minimum absolute atomic E-state index is 0.171. The van der Waals surface area contributed by atoms with Gasteiger partial charge < -0.3 is 10.0 Å². The maximum Gasteiger partial charge on any atom is 0.223 e. The van der Waals surface area contributed by atoms with Crippen LogP contribution in [-0.4, -0.2) is 35.1 Å². The van der Waals surface area contributed by atoms with Gasteiger partial charge in [-0.3, -0.25) is 4.79 Å². The van der Waals surface area contributed by atoms with Crippen LogP contribution < -0.4 is 0 Å². The molecule has 3 nitrogen and oxygen atoms in total. The Hall–Kier alpha value is -0.870. The normalized spacial score (nSPS) is 24.9. The summed E-state index contributed by atoms with van der Waals surface area (Å²) in [5.41, 5.74) is 0. The maximum absolute atomic E-state index is 12.0. The van der Waals surface area contributed by atoms with Crippen molar-refractivity contribution in [2.75, 3.05) is 13.1 Å². The van der Waals surface area contributed by atoms with Crippen molar-refractivity contribution < 1.29 is 9.90 Å². The minimum atomic E-state index is -0.352. The lowest BCUT2D eigenvalue weighted by Gasteiger charge is -2.34. The number of likely N-dealkylation sites (tertiary alicyclic amines) is 1. The molecule has 2 rings (SSSR count). The van der Waals surface area contributed by atoms with E-state index in [1.807, 2.05) is 18.4 Å². The Bertz CT molecular complexity index is 364. The molecule has 94 valence electrons. The summed E-state index contributed by atoms with van der Waals surface area (Å²) in [6.07, 6.45) is 1.93. The van der Waals surface area contributed by atoms with Crippen LogP contribution in [0, 0.1) is 5.92 Å². The summed E-state index contributed by atoms with van der Waals surface area (Å²) in [4.78, 5) is 15.0. The van der Waals surface area contributed by atoms with Crippen LogP contribution in [0.2, 0.25) is 0 Å². The summed E-state index contributed by atoms with van der Waals surface area (Å²) in [5.74, 6) is 0.487. The third kappa shape index (κ3) is 3.30. The molecule has 1 aliphatic heterocycles. The van der Waals surface area contributed by atoms with E-state index >= 15 is 0 Å². The number of piperidine rings is 1. The van der Waals surface area contributed by atoms with Crippen LogP contribution in [0.5, 0.6) is 0 Å². The van der Waals surface area contributed by atoms with Gasteiger partial charge in [-0.2, -0.15) is 0 Å². The van der Waals surface area contributed by atoms with Crippen LogP contribution in [0.1, 0.15) is 24.6 Å². The number of amides is 1. The molecule has 1 aromatic heterocycles. The first-order chi connectivity index (χ1) is 8.16. The van der Waals surface area contributed by atoms with Gasteiger partial charge in [0, 0.05) is 24.4 Å². The van der Waals surface area contributed by atoms with Gasteiger partial charge in [-0.25, -0.2) is 0 Å². The van der Waals surface area contributed by atoms with E-state index < -0.39 is 0 Å². The predicted octanol–water partition coefficient (Wildman–Crippen LogP) is 1.91. The Labute approximate surface area is 106 Å². The van der Waals surface area contributed by atoms with Crippen LogP contribution in [-0.2, 0) is 11.2 Å². The average Bonchev–Trinajstić information content (AvgIpc) is 2.82. The first kappa shape index (κ1) is 12.6. The Morgan fingerprint density at radius 2 is 2.47 bits per heavy atom. The van der Waals surface area contributed by atoms with E-state index in [0.717, 1.165) is 19.4 Å². The number of hydrogen-bond acceptors (Lipinski definition) is 3. The smallest absolute Gasteiger partial charge is 0.223 e. The number of nitrogens with zero attached hydrogens (tertiary/aromatic N) is 1. The number of β-amino-alcohol motifs (C(OH)–C–C–N with tert-alkyl or cyclic N) is 1. The predicted molar refractivity (Wildman–Crippen MR) is 69.0 cm³/mol. The van der Waals surface area contributed by atoms with E-state index in [2.05, 4.69) is 6.07 Å². The number of aliphatic hydroxyl groups excluding tert-OH is 1. The number of rotatable bonds is 3. The number of aliphatic hydroxyl groups is 1. The zero-order valence-corrected chi connectivity index (χ0v) is 10.9. The molecule has 0 bridgehead atoms. The lowest BCUT2D eigenvalue weighted by molar-refractivity contribution is -0.135. The summed E-state index contributed by atoms with van der Waals surface area (Å²) in [5, 5.41) is 11.8. The second-order valence-electron chi connectivity index (χ2n) is 4.75. The van der Waals surface area contributed by atoms with Crippen molar-refractivity contribution in [2.24, 2.45) is 5.92 Å². The molecule has 1 fully saturated rings. The standard InChI is InChI=1S/C13H19NO2S/c1-10-6-7-14(9-12(10)15)13(16)5-4-11-3-2-8-17-11/h2-3,8,10,12,15H,4-7,9H2,1H3. The van der Waals surface area contributed by atoms with Gasteiger partial charge in [-0.1, -0.05) is 13.0 Å². The summed E-state index contributed by atoms with van der Waals surface area (Å²) in [6, 6.07) is 4.07. The first-order valence-electron chi connectivity index (χ1n) is 6.15. The zero-order valence-electron chi connectivity index (χ0n) is 10.1. The molecule has 0 aliphatic carbocycles. The van der Waals surface area contributed by atoms with Crippen LogP contribution >= 0.6 is 11.3 Å². The van der Waals surface area contributed by atoms with Crippen molar-refractivity contribution >= 4 is 17.2 Å². The van der Waals surface area contributed by atoms with Crippen LogP contribution in [0.3, 0.4) is 0 Å². The fraction of sp³-hybridized carbons (Fsp3) is 0.615. The van der Waals surface area contributed by atoms with E-state index in [-0.39, 0.29) is 12.0 Å². The van der Waals surface area contributed by atoms with Crippen molar-refractivity contribution in [1.82, 2.24) is 4.90 Å². The maximum atomic E-state index is 12.0. The average molecular weight is 253 g/mol. The summed E-state index contributed by atoms with van der Waals surface area (Å²) in [7, 11) is 0. The molecule has 1 aromatic rings. The van der Waals surface area contributed by atoms with Gasteiger partial charge in [-0.05, 0) is 30.2 Å². The monoisotopic (exact) mass is 253 g/mol. The number of aryl methyl sites for hydroxylation is 1. The molecule has 1 N–H and O–H groups in total. The van der Waals surface area contributed by atoms with E-state index in [1.54, 1.807) is 16.2 Å². The Kier molecular flexibility index (Phi) is 4.18. The molecule has 2 heterocycles. The Morgan fingerprint density at radius 1 is 1.65 bits per heavy atom. The molecule has 0 saturated carbocycles. The molecule has 1 saturated heterocycles. The van der Waals surface area contributed by atoms with E-state index in [0.29, 0.717) is 18.9 Å². The Morgan fingerprint density at radius 3 is 3.12 bits per heavy atom. The van der Waals surface area contributed by atoms with Gasteiger partial charge in [0.05, 0.1) is 6.10 Å². The van der Waals surface area contributed by atoms with Crippen molar-refractivity contribution in [1.29, 1.82) is 0 Å². The molecule has 0 aromatic carbocycles. The molecule has 0 spiro atoms. The van der Waals surface area contributed by atoms with E-state index in [9.17, 15) is 9.90 Å². The number of carbonyl (C=O) groups is 1. The van der Waals surface area contributed by atoms with Crippen molar-refractivity contribution in [2.45, 2.75) is 32.3 Å². The molecule has 1 aliphatic rings. The number of hydrogen-bond donors (Lipinski definition) is 1. The van der Waals surface area contributed by atoms with Crippen LogP contribution in [0.4, 0.5) is 0 Å². The second kappa shape index (κ2) is 5.65. The summed E-state index contributed by atoms with van der Waals surface area (Å²) < 4.78 is 0. The zero-order chi connectivity index (χ0) is 12.3. The largest absolute Gasteiger partial charge is 0.391 e. The fourth-order valence-corrected chi connectivity index (χ4v) is 2.83. The number of carbonyl (C=O) groups excluding carboxylic acids is 1. The van der Waals surface area contributed by atoms with Gasteiger partial charge in [0.1, 0.15) is 0 Å². The topological polar surface area (TPSA) is 40.5 Å². The van der Waals surface area contributed by atoms with Crippen LogP contribution in [0.15, 0.2) is 17.5 Å². The first-order valence-corrected chi connectivity index (χ1v) is 7.03. The molecule has 1 amide bonds. The van der Waals surface area contributed by atoms with Crippen molar-refractivity contribution in [3.8, 4) is 0 Å². The van der Waals surface area contributed by atoms with Crippen LogP contribution in [0.25, 0.3) is 0 Å². The fourth-order valence-electron chi connectivity index (χ4n) is 2.12. The van der Waals surface area contributed by atoms with Gasteiger partial charge in [-0.15, -0.1) is 11.3 Å². The van der Waals surface area contributed by atoms with Gasteiger partial charge in [0.25, 0.3) is 0 Å². The van der Waals surface area contributed by atoms with Gasteiger partial charge in [0.15, 0.2) is 0 Å². The molecular formula is C13H19NO2S. The van der Waals surface area contributed by atoms with Crippen molar-refractivity contribution in [3.05, 3.63) is 22.4 Å². The minimum Gasteiger partial charge on any atom is -0.391 e. The molecule has 2 atom stereocenters. The highest BCUT2D eigenvalue weighted by Crippen LogP contribution is 2.18. The molecule has 0 radical (unpaired) electrons. The van der Waals surface area contributed by atoms with Gasteiger partial charge >= 0.3 is 0 Å². The third-order valence-electron chi connectivity index (χ3n) is 3.44. The Balaban J connectivity index is 1.80.